The van der Waals surface area contributed by atoms with Crippen LogP contribution < -0.4 is 5.32 Å². The van der Waals surface area contributed by atoms with E-state index in [1.165, 1.54) is 0 Å². The number of likely N-dealkylation sites (tertiary alicyclic amines) is 1. The van der Waals surface area contributed by atoms with Gasteiger partial charge < -0.3 is 10.2 Å². The number of rotatable bonds is 6. The Hall–Kier alpha value is -2.69. The Labute approximate surface area is 172 Å². The number of nitrogens with zero attached hydrogens (tertiary/aromatic N) is 2. The molecule has 1 aliphatic carbocycles. The number of hydrogen-bond acceptors (Lipinski definition) is 3. The summed E-state index contributed by atoms with van der Waals surface area (Å²) in [6.45, 7) is 3.82. The zero-order valence-corrected chi connectivity index (χ0v) is 17.1. The number of amides is 2. The lowest BCUT2D eigenvalue weighted by Gasteiger charge is -2.42. The first kappa shape index (κ1) is 19.6. The predicted octanol–water partition coefficient (Wildman–Crippen LogP) is 3.45. The first-order valence-electron chi connectivity index (χ1n) is 10.7. The van der Waals surface area contributed by atoms with E-state index in [9.17, 15) is 9.59 Å². The zero-order chi connectivity index (χ0) is 20.3. The van der Waals surface area contributed by atoms with Crippen LogP contribution in [0.4, 0.5) is 0 Å². The molecule has 5 nitrogen and oxygen atoms in total. The quantitative estimate of drug-likeness (QED) is 0.820. The van der Waals surface area contributed by atoms with E-state index >= 15 is 0 Å². The monoisotopic (exact) mass is 391 g/mol. The van der Waals surface area contributed by atoms with Crippen molar-refractivity contribution >= 4 is 11.8 Å². The van der Waals surface area contributed by atoms with E-state index in [-0.39, 0.29) is 17.7 Å². The fourth-order valence-corrected chi connectivity index (χ4v) is 4.51. The summed E-state index contributed by atoms with van der Waals surface area (Å²) in [5.74, 6) is 0.482. The minimum absolute atomic E-state index is 0.0642. The highest BCUT2D eigenvalue weighted by atomic mass is 16.2. The minimum Gasteiger partial charge on any atom is -0.356 e. The molecule has 4 rings (SSSR count). The Balaban J connectivity index is 1.67. The Morgan fingerprint density at radius 3 is 2.76 bits per heavy atom. The lowest BCUT2D eigenvalue weighted by atomic mass is 9.73. The molecule has 1 atom stereocenters. The van der Waals surface area contributed by atoms with Crippen molar-refractivity contribution in [1.82, 2.24) is 15.2 Å². The minimum atomic E-state index is -0.586. The lowest BCUT2D eigenvalue weighted by molar-refractivity contribution is -0.142. The Bertz CT molecular complexity index is 879. The Kier molecular flexibility index (Phi) is 5.65. The molecule has 2 aliphatic rings. The largest absolute Gasteiger partial charge is 0.356 e. The van der Waals surface area contributed by atoms with Crippen molar-refractivity contribution in [1.29, 1.82) is 0 Å². The van der Waals surface area contributed by atoms with Gasteiger partial charge in [-0.15, -0.1) is 0 Å². The summed E-state index contributed by atoms with van der Waals surface area (Å²) in [7, 11) is 0. The molecule has 1 saturated heterocycles. The van der Waals surface area contributed by atoms with Crippen LogP contribution in [0.2, 0.25) is 0 Å². The molecule has 2 aromatic rings. The highest BCUT2D eigenvalue weighted by molar-refractivity contribution is 5.86. The van der Waals surface area contributed by atoms with Gasteiger partial charge in [0.05, 0.1) is 5.41 Å². The summed E-state index contributed by atoms with van der Waals surface area (Å²) >= 11 is 0. The van der Waals surface area contributed by atoms with Gasteiger partial charge in [-0.2, -0.15) is 0 Å². The summed E-state index contributed by atoms with van der Waals surface area (Å²) in [6, 6.07) is 12.2. The fourth-order valence-electron chi connectivity index (χ4n) is 4.51. The average molecular weight is 392 g/mol. The van der Waals surface area contributed by atoms with Crippen molar-refractivity contribution in [3.8, 4) is 11.1 Å². The topological polar surface area (TPSA) is 62.3 Å². The highest BCUT2D eigenvalue weighted by Crippen LogP contribution is 2.39. The van der Waals surface area contributed by atoms with Gasteiger partial charge in [0, 0.05) is 43.5 Å². The summed E-state index contributed by atoms with van der Waals surface area (Å²) in [4.78, 5) is 32.2. The normalized spacial score (nSPS) is 21.6. The van der Waals surface area contributed by atoms with E-state index in [4.69, 9.17) is 0 Å². The number of aromatic nitrogens is 1. The number of hydrogen-bond donors (Lipinski definition) is 1. The van der Waals surface area contributed by atoms with Gasteiger partial charge in [-0.1, -0.05) is 30.3 Å². The molecule has 29 heavy (non-hydrogen) atoms. The van der Waals surface area contributed by atoms with Crippen molar-refractivity contribution in [2.45, 2.75) is 39.0 Å². The number of carbonyl (C=O) groups excluding carboxylic acids is 2. The SMILES string of the molecule is CCNC(=O)[C@]1(Cc2ccccc2-c2cccnc2)CCCN(C(=O)C2CC2)C1. The van der Waals surface area contributed by atoms with E-state index in [1.54, 1.807) is 6.20 Å². The van der Waals surface area contributed by atoms with Gasteiger partial charge in [0.25, 0.3) is 0 Å². The van der Waals surface area contributed by atoms with Gasteiger partial charge in [-0.25, -0.2) is 0 Å². The Morgan fingerprint density at radius 2 is 2.03 bits per heavy atom. The molecule has 2 heterocycles. The van der Waals surface area contributed by atoms with E-state index < -0.39 is 5.41 Å². The van der Waals surface area contributed by atoms with E-state index in [2.05, 4.69) is 28.5 Å². The summed E-state index contributed by atoms with van der Waals surface area (Å²) < 4.78 is 0. The summed E-state index contributed by atoms with van der Waals surface area (Å²) in [5, 5.41) is 3.05. The number of pyridine rings is 1. The van der Waals surface area contributed by atoms with Gasteiger partial charge in [-0.3, -0.25) is 14.6 Å². The molecule has 0 spiro atoms. The van der Waals surface area contributed by atoms with Gasteiger partial charge in [0.1, 0.15) is 0 Å². The van der Waals surface area contributed by atoms with Crippen LogP contribution in [0.15, 0.2) is 48.8 Å². The molecule has 2 fully saturated rings. The molecular weight excluding hydrogens is 362 g/mol. The molecule has 5 heteroatoms. The summed E-state index contributed by atoms with van der Waals surface area (Å²) in [5.41, 5.74) is 2.70. The van der Waals surface area contributed by atoms with Crippen LogP contribution in [0.1, 0.15) is 38.2 Å². The van der Waals surface area contributed by atoms with Crippen LogP contribution in [0.3, 0.4) is 0 Å². The second kappa shape index (κ2) is 8.36. The molecule has 0 radical (unpaired) electrons. The molecule has 1 aliphatic heterocycles. The molecule has 0 bridgehead atoms. The fraction of sp³-hybridized carbons (Fsp3) is 0.458. The molecule has 152 valence electrons. The van der Waals surface area contributed by atoms with E-state index in [0.717, 1.165) is 48.9 Å². The second-order valence-electron chi connectivity index (χ2n) is 8.35. The molecule has 1 aromatic heterocycles. The van der Waals surface area contributed by atoms with Gasteiger partial charge in [-0.05, 0) is 56.2 Å². The molecule has 0 unspecified atom stereocenters. The Morgan fingerprint density at radius 1 is 1.21 bits per heavy atom. The highest BCUT2D eigenvalue weighted by Gasteiger charge is 2.45. The molecular formula is C24H29N3O2. The first-order valence-corrected chi connectivity index (χ1v) is 10.7. The van der Waals surface area contributed by atoms with E-state index in [1.807, 2.05) is 36.2 Å². The van der Waals surface area contributed by atoms with Gasteiger partial charge >= 0.3 is 0 Å². The van der Waals surface area contributed by atoms with Crippen molar-refractivity contribution in [2.75, 3.05) is 19.6 Å². The maximum Gasteiger partial charge on any atom is 0.228 e. The molecule has 2 amide bonds. The number of benzene rings is 1. The van der Waals surface area contributed by atoms with Crippen LogP contribution >= 0.6 is 0 Å². The van der Waals surface area contributed by atoms with Crippen molar-refractivity contribution in [3.63, 3.8) is 0 Å². The van der Waals surface area contributed by atoms with Gasteiger partial charge in [0.2, 0.25) is 11.8 Å². The van der Waals surface area contributed by atoms with Crippen LogP contribution in [-0.2, 0) is 16.0 Å². The molecule has 1 N–H and O–H groups in total. The van der Waals surface area contributed by atoms with Crippen LogP contribution in [-0.4, -0.2) is 41.3 Å². The predicted molar refractivity (Wildman–Crippen MR) is 113 cm³/mol. The van der Waals surface area contributed by atoms with Crippen LogP contribution in [0, 0.1) is 11.3 Å². The van der Waals surface area contributed by atoms with Crippen molar-refractivity contribution in [3.05, 3.63) is 54.4 Å². The molecule has 1 saturated carbocycles. The third kappa shape index (κ3) is 4.19. The smallest absolute Gasteiger partial charge is 0.228 e. The van der Waals surface area contributed by atoms with Crippen LogP contribution in [0.5, 0.6) is 0 Å². The van der Waals surface area contributed by atoms with Crippen molar-refractivity contribution in [2.24, 2.45) is 11.3 Å². The second-order valence-corrected chi connectivity index (χ2v) is 8.35. The summed E-state index contributed by atoms with van der Waals surface area (Å²) in [6.07, 6.45) is 7.91. The van der Waals surface area contributed by atoms with Gasteiger partial charge in [0.15, 0.2) is 0 Å². The maximum absolute atomic E-state index is 13.3. The molecule has 1 aromatic carbocycles. The average Bonchev–Trinajstić information content (AvgIpc) is 3.60. The maximum atomic E-state index is 13.3. The standard InChI is InChI=1S/C24H29N3O2/c1-2-26-23(29)24(12-6-14-27(17-24)22(28)18-10-11-18)15-19-7-3-4-9-21(19)20-8-5-13-25-16-20/h3-5,7-9,13,16,18H,2,6,10-12,14-15,17H2,1H3,(H,26,29)/t24-/m0/s1. The lowest BCUT2D eigenvalue weighted by Crippen LogP contribution is -2.54. The first-order chi connectivity index (χ1) is 14.1. The number of nitrogens with one attached hydrogen (secondary N) is 1. The van der Waals surface area contributed by atoms with E-state index in [0.29, 0.717) is 19.5 Å². The number of piperidine rings is 1. The third-order valence-corrected chi connectivity index (χ3v) is 6.15. The third-order valence-electron chi connectivity index (χ3n) is 6.15. The van der Waals surface area contributed by atoms with Crippen LogP contribution in [0.25, 0.3) is 11.1 Å². The zero-order valence-electron chi connectivity index (χ0n) is 17.1. The number of carbonyl (C=O) groups is 2. The van der Waals surface area contributed by atoms with Crippen molar-refractivity contribution < 1.29 is 9.59 Å².